The largest absolute Gasteiger partial charge is 0.493 e. The summed E-state index contributed by atoms with van der Waals surface area (Å²) in [5, 5.41) is 16.4. The summed E-state index contributed by atoms with van der Waals surface area (Å²) in [7, 11) is 0. The Hall–Kier alpha value is -3.03. The van der Waals surface area contributed by atoms with Crippen molar-refractivity contribution in [2.45, 2.75) is 18.9 Å². The van der Waals surface area contributed by atoms with E-state index in [1.807, 2.05) is 12.1 Å². The number of aliphatic carboxylic acids is 2. The number of carboxylic acid groups (broad SMARTS) is 2. The van der Waals surface area contributed by atoms with Gasteiger partial charge in [0.25, 0.3) is 0 Å². The second kappa shape index (κ2) is 11.5. The molecule has 1 saturated heterocycles. The van der Waals surface area contributed by atoms with Gasteiger partial charge in [-0.05, 0) is 37.1 Å². The van der Waals surface area contributed by atoms with Crippen molar-refractivity contribution in [3.05, 3.63) is 71.3 Å². The van der Waals surface area contributed by atoms with Gasteiger partial charge in [0, 0.05) is 60.6 Å². The van der Waals surface area contributed by atoms with Gasteiger partial charge in [0.05, 0.1) is 6.61 Å². The van der Waals surface area contributed by atoms with Crippen LogP contribution in [0.3, 0.4) is 0 Å². The second-order valence-corrected chi connectivity index (χ2v) is 7.99. The molecule has 0 spiro atoms. The number of piperazine rings is 1. The average Bonchev–Trinajstić information content (AvgIpc) is 3.01. The normalized spacial score (nSPS) is 18.7. The van der Waals surface area contributed by atoms with Crippen LogP contribution in [0.4, 0.5) is 5.69 Å². The maximum Gasteiger partial charge on any atom is 0.328 e. The van der Waals surface area contributed by atoms with Crippen LogP contribution in [0.5, 0.6) is 5.75 Å². The molecular formula is C24H27ClN2O5. The Morgan fingerprint density at radius 1 is 0.969 bits per heavy atom. The minimum Gasteiger partial charge on any atom is -0.493 e. The lowest BCUT2D eigenvalue weighted by molar-refractivity contribution is -0.134. The predicted octanol–water partition coefficient (Wildman–Crippen LogP) is 4.09. The number of rotatable bonds is 4. The van der Waals surface area contributed by atoms with E-state index in [4.69, 9.17) is 26.6 Å². The van der Waals surface area contributed by atoms with Crippen LogP contribution in [0.25, 0.3) is 0 Å². The Kier molecular flexibility index (Phi) is 8.53. The molecule has 2 aliphatic rings. The first-order chi connectivity index (χ1) is 15.4. The maximum absolute atomic E-state index is 9.55. The quantitative estimate of drug-likeness (QED) is 0.667. The van der Waals surface area contributed by atoms with E-state index < -0.39 is 11.9 Å². The van der Waals surface area contributed by atoms with Gasteiger partial charge in [-0.15, -0.1) is 0 Å². The molecule has 0 aromatic heterocycles. The number of benzene rings is 2. The molecule has 0 aliphatic carbocycles. The summed E-state index contributed by atoms with van der Waals surface area (Å²) in [6.07, 6.45) is 3.36. The van der Waals surface area contributed by atoms with Crippen LogP contribution in [-0.2, 0) is 9.59 Å². The topological polar surface area (TPSA) is 90.3 Å². The first-order valence-corrected chi connectivity index (χ1v) is 10.9. The van der Waals surface area contributed by atoms with Gasteiger partial charge in [-0.2, -0.15) is 0 Å². The van der Waals surface area contributed by atoms with Crippen LogP contribution in [0.15, 0.2) is 60.7 Å². The molecule has 2 N–H and O–H groups in total. The third kappa shape index (κ3) is 6.73. The van der Waals surface area contributed by atoms with Gasteiger partial charge < -0.3 is 19.8 Å². The monoisotopic (exact) mass is 458 g/mol. The van der Waals surface area contributed by atoms with E-state index in [0.717, 1.165) is 56.4 Å². The van der Waals surface area contributed by atoms with Crippen LogP contribution in [0.2, 0.25) is 5.02 Å². The molecule has 8 heteroatoms. The molecule has 0 radical (unpaired) electrons. The Bertz CT molecular complexity index is 927. The van der Waals surface area contributed by atoms with E-state index in [0.29, 0.717) is 18.2 Å². The first kappa shape index (κ1) is 23.6. The standard InChI is InChI=1S/C20H23ClN2O.C4H4O4/c21-16-8-9-18-19(7-4-14-24-20(18)15-16)23-12-10-22(11-13-23)17-5-2-1-3-6-17;5-3(6)1-2-4(7)8/h1-3,5-6,8-9,15,19H,4,7,10-14H2;1-2H,(H,5,6)(H,7,8)/b;2-1-. The van der Waals surface area contributed by atoms with E-state index in [2.05, 4.69) is 46.2 Å². The van der Waals surface area contributed by atoms with E-state index >= 15 is 0 Å². The lowest BCUT2D eigenvalue weighted by Gasteiger charge is -2.40. The summed E-state index contributed by atoms with van der Waals surface area (Å²) < 4.78 is 5.92. The Balaban J connectivity index is 0.000000312. The average molecular weight is 459 g/mol. The zero-order valence-corrected chi connectivity index (χ0v) is 18.4. The zero-order chi connectivity index (χ0) is 22.9. The third-order valence-corrected chi connectivity index (χ3v) is 5.69. The summed E-state index contributed by atoms with van der Waals surface area (Å²) in [6.45, 7) is 5.10. The van der Waals surface area contributed by atoms with Gasteiger partial charge in [-0.25, -0.2) is 9.59 Å². The number of carbonyl (C=O) groups is 2. The lowest BCUT2D eigenvalue weighted by Crippen LogP contribution is -2.47. The lowest BCUT2D eigenvalue weighted by atomic mass is 9.99. The van der Waals surface area contributed by atoms with Crippen LogP contribution in [-0.4, -0.2) is 59.8 Å². The Morgan fingerprint density at radius 2 is 1.62 bits per heavy atom. The van der Waals surface area contributed by atoms with Crippen molar-refractivity contribution in [2.24, 2.45) is 0 Å². The summed E-state index contributed by atoms with van der Waals surface area (Å²) in [4.78, 5) is 24.2. The van der Waals surface area contributed by atoms with Gasteiger partial charge in [0.2, 0.25) is 0 Å². The molecule has 2 heterocycles. The molecule has 1 atom stereocenters. The highest BCUT2D eigenvalue weighted by atomic mass is 35.5. The van der Waals surface area contributed by atoms with Crippen LogP contribution in [0, 0.1) is 0 Å². The number of hydrogen-bond acceptors (Lipinski definition) is 5. The third-order valence-electron chi connectivity index (χ3n) is 5.46. The molecule has 2 aromatic rings. The fourth-order valence-electron chi connectivity index (χ4n) is 3.98. The van der Waals surface area contributed by atoms with E-state index in [9.17, 15) is 9.59 Å². The predicted molar refractivity (Wildman–Crippen MR) is 124 cm³/mol. The van der Waals surface area contributed by atoms with Crippen molar-refractivity contribution in [1.29, 1.82) is 0 Å². The molecule has 7 nitrogen and oxygen atoms in total. The highest BCUT2D eigenvalue weighted by Crippen LogP contribution is 2.37. The molecular weight excluding hydrogens is 432 g/mol. The minimum absolute atomic E-state index is 0.442. The number of fused-ring (bicyclic) bond motifs is 1. The summed E-state index contributed by atoms with van der Waals surface area (Å²) in [5.41, 5.74) is 2.62. The van der Waals surface area contributed by atoms with E-state index in [1.54, 1.807) is 0 Å². The molecule has 170 valence electrons. The smallest absolute Gasteiger partial charge is 0.328 e. The molecule has 2 aromatic carbocycles. The van der Waals surface area contributed by atoms with Crippen LogP contribution >= 0.6 is 11.6 Å². The van der Waals surface area contributed by atoms with Crippen molar-refractivity contribution in [3.63, 3.8) is 0 Å². The molecule has 4 rings (SSSR count). The van der Waals surface area contributed by atoms with Crippen LogP contribution in [0.1, 0.15) is 24.4 Å². The number of halogens is 1. The number of carboxylic acids is 2. The number of para-hydroxylation sites is 1. The van der Waals surface area contributed by atoms with Crippen molar-refractivity contribution < 1.29 is 24.5 Å². The molecule has 1 unspecified atom stereocenters. The maximum atomic E-state index is 9.55. The van der Waals surface area contributed by atoms with Gasteiger partial charge in [-0.1, -0.05) is 35.9 Å². The number of ether oxygens (including phenoxy) is 1. The summed E-state index contributed by atoms with van der Waals surface area (Å²) >= 11 is 6.15. The van der Waals surface area contributed by atoms with Gasteiger partial charge >= 0.3 is 11.9 Å². The molecule has 32 heavy (non-hydrogen) atoms. The fraction of sp³-hybridized carbons (Fsp3) is 0.333. The highest BCUT2D eigenvalue weighted by Gasteiger charge is 2.28. The minimum atomic E-state index is -1.26. The van der Waals surface area contributed by atoms with Crippen molar-refractivity contribution in [1.82, 2.24) is 4.90 Å². The molecule has 0 saturated carbocycles. The molecule has 2 aliphatic heterocycles. The molecule has 0 amide bonds. The number of hydrogen-bond donors (Lipinski definition) is 2. The van der Waals surface area contributed by atoms with E-state index in [1.165, 1.54) is 11.3 Å². The van der Waals surface area contributed by atoms with Crippen LogP contribution < -0.4 is 9.64 Å². The summed E-state index contributed by atoms with van der Waals surface area (Å²) in [5.74, 6) is -1.55. The molecule has 0 bridgehead atoms. The van der Waals surface area contributed by atoms with Crippen molar-refractivity contribution >= 4 is 29.2 Å². The van der Waals surface area contributed by atoms with Crippen molar-refractivity contribution in [2.75, 3.05) is 37.7 Å². The van der Waals surface area contributed by atoms with Gasteiger partial charge in [0.15, 0.2) is 0 Å². The number of nitrogens with zero attached hydrogens (tertiary/aromatic N) is 2. The molecule has 1 fully saturated rings. The first-order valence-electron chi connectivity index (χ1n) is 10.5. The zero-order valence-electron chi connectivity index (χ0n) is 17.7. The Labute approximate surface area is 192 Å². The SMILES string of the molecule is Clc1ccc2c(c1)OCCCC2N1CCN(c2ccccc2)CC1.O=C(O)/C=C\C(=O)O. The number of anilines is 1. The summed E-state index contributed by atoms with van der Waals surface area (Å²) in [6, 6.07) is 17.3. The van der Waals surface area contributed by atoms with Gasteiger partial charge in [-0.3, -0.25) is 4.90 Å². The second-order valence-electron chi connectivity index (χ2n) is 7.56. The van der Waals surface area contributed by atoms with Gasteiger partial charge in [0.1, 0.15) is 5.75 Å². The highest BCUT2D eigenvalue weighted by molar-refractivity contribution is 6.30. The Morgan fingerprint density at radius 3 is 2.25 bits per heavy atom. The van der Waals surface area contributed by atoms with Crippen molar-refractivity contribution in [3.8, 4) is 5.75 Å². The fourth-order valence-corrected chi connectivity index (χ4v) is 4.14. The van der Waals surface area contributed by atoms with E-state index in [-0.39, 0.29) is 0 Å².